The van der Waals surface area contributed by atoms with Gasteiger partial charge >= 0.3 is 0 Å². The van der Waals surface area contributed by atoms with E-state index in [9.17, 15) is 0 Å². The molecule has 2 aromatic heterocycles. The zero-order valence-electron chi connectivity index (χ0n) is 9.21. The van der Waals surface area contributed by atoms with Gasteiger partial charge in [0, 0.05) is 38.1 Å². The Hall–Kier alpha value is -1.39. The third-order valence-corrected chi connectivity index (χ3v) is 3.11. The number of hydrogen-bond acceptors (Lipinski definition) is 3. The lowest BCUT2D eigenvalue weighted by molar-refractivity contribution is 0.323. The van der Waals surface area contributed by atoms with E-state index in [0.717, 1.165) is 37.4 Å². The summed E-state index contributed by atoms with van der Waals surface area (Å²) in [5.74, 6) is 0. The smallest absolute Gasteiger partial charge is 0.137 e. The Bertz CT molecular complexity index is 457. The summed E-state index contributed by atoms with van der Waals surface area (Å²) in [5, 5.41) is 0. The van der Waals surface area contributed by atoms with Crippen LogP contribution in [0.3, 0.4) is 0 Å². The van der Waals surface area contributed by atoms with Crippen molar-refractivity contribution < 1.29 is 0 Å². The second-order valence-electron chi connectivity index (χ2n) is 4.48. The highest BCUT2D eigenvalue weighted by Crippen LogP contribution is 2.12. The Morgan fingerprint density at radius 3 is 3.12 bits per heavy atom. The van der Waals surface area contributed by atoms with E-state index in [-0.39, 0.29) is 0 Å². The molecule has 0 radical (unpaired) electrons. The van der Waals surface area contributed by atoms with E-state index in [1.165, 1.54) is 0 Å². The molecule has 16 heavy (non-hydrogen) atoms. The highest BCUT2D eigenvalue weighted by molar-refractivity contribution is 5.39. The second-order valence-corrected chi connectivity index (χ2v) is 4.48. The average Bonchev–Trinajstić information content (AvgIpc) is 2.84. The fourth-order valence-corrected chi connectivity index (χ4v) is 2.30. The molecule has 1 aliphatic rings. The Kier molecular flexibility index (Phi) is 2.38. The summed E-state index contributed by atoms with van der Waals surface area (Å²) in [6.45, 7) is 3.00. The number of aromatic nitrogens is 2. The second kappa shape index (κ2) is 3.88. The van der Waals surface area contributed by atoms with Gasteiger partial charge in [0.25, 0.3) is 0 Å². The summed E-state index contributed by atoms with van der Waals surface area (Å²) < 4.78 is 2.06. The molecule has 2 N–H and O–H groups in total. The van der Waals surface area contributed by atoms with E-state index in [4.69, 9.17) is 5.73 Å². The molecule has 0 aliphatic carbocycles. The summed E-state index contributed by atoms with van der Waals surface area (Å²) in [5.41, 5.74) is 8.03. The first-order valence-electron chi connectivity index (χ1n) is 5.72. The molecule has 2 aromatic rings. The molecule has 0 aromatic carbocycles. The minimum atomic E-state index is 0.344. The topological polar surface area (TPSA) is 46.6 Å². The van der Waals surface area contributed by atoms with Gasteiger partial charge in [-0.05, 0) is 18.6 Å². The van der Waals surface area contributed by atoms with Gasteiger partial charge < -0.3 is 10.1 Å². The van der Waals surface area contributed by atoms with Crippen molar-refractivity contribution >= 4 is 5.65 Å². The first-order valence-corrected chi connectivity index (χ1v) is 5.72. The third kappa shape index (κ3) is 1.81. The van der Waals surface area contributed by atoms with Crippen molar-refractivity contribution in [3.8, 4) is 0 Å². The van der Waals surface area contributed by atoms with Crippen molar-refractivity contribution in [1.82, 2.24) is 14.3 Å². The number of likely N-dealkylation sites (tertiary alicyclic amines) is 1. The maximum atomic E-state index is 5.89. The van der Waals surface area contributed by atoms with Crippen LogP contribution >= 0.6 is 0 Å². The molecule has 1 saturated heterocycles. The molecule has 0 unspecified atom stereocenters. The van der Waals surface area contributed by atoms with Gasteiger partial charge in [0.1, 0.15) is 5.65 Å². The molecule has 1 aliphatic heterocycles. The van der Waals surface area contributed by atoms with E-state index in [1.54, 1.807) is 0 Å². The fourth-order valence-electron chi connectivity index (χ4n) is 2.30. The molecule has 1 fully saturated rings. The maximum Gasteiger partial charge on any atom is 0.137 e. The number of nitrogens with two attached hydrogens (primary N) is 1. The SMILES string of the molecule is N[C@@H]1CCN(Cc2cn3ccccc3n2)C1. The molecule has 4 nitrogen and oxygen atoms in total. The number of pyridine rings is 1. The normalized spacial score (nSPS) is 21.9. The molecule has 3 rings (SSSR count). The van der Waals surface area contributed by atoms with Crippen LogP contribution in [0.25, 0.3) is 5.65 Å². The van der Waals surface area contributed by atoms with E-state index in [0.29, 0.717) is 6.04 Å². The zero-order chi connectivity index (χ0) is 11.0. The molecule has 0 bridgehead atoms. The fraction of sp³-hybridized carbons (Fsp3) is 0.417. The monoisotopic (exact) mass is 216 g/mol. The molecular weight excluding hydrogens is 200 g/mol. The number of hydrogen-bond donors (Lipinski definition) is 1. The van der Waals surface area contributed by atoms with Gasteiger partial charge in [-0.3, -0.25) is 4.90 Å². The summed E-state index contributed by atoms with van der Waals surface area (Å²) in [7, 11) is 0. The van der Waals surface area contributed by atoms with Crippen LogP contribution in [0.15, 0.2) is 30.6 Å². The molecular formula is C12H16N4. The van der Waals surface area contributed by atoms with E-state index < -0.39 is 0 Å². The number of fused-ring (bicyclic) bond motifs is 1. The predicted molar refractivity (Wildman–Crippen MR) is 63.1 cm³/mol. The molecule has 0 saturated carbocycles. The van der Waals surface area contributed by atoms with Gasteiger partial charge in [-0.1, -0.05) is 6.07 Å². The molecule has 1 atom stereocenters. The van der Waals surface area contributed by atoms with Crippen LogP contribution in [0.2, 0.25) is 0 Å². The summed E-state index contributed by atoms with van der Waals surface area (Å²) in [6.07, 6.45) is 5.23. The standard InChI is InChI=1S/C12H16N4/c13-10-4-6-15(7-10)8-11-9-16-5-2-1-3-12(16)14-11/h1-3,5,9-10H,4,6-8,13H2/t10-/m1/s1. The maximum absolute atomic E-state index is 5.89. The van der Waals surface area contributed by atoms with Gasteiger partial charge in [-0.2, -0.15) is 0 Å². The van der Waals surface area contributed by atoms with Gasteiger partial charge in [0.15, 0.2) is 0 Å². The van der Waals surface area contributed by atoms with Gasteiger partial charge in [-0.25, -0.2) is 4.98 Å². The summed E-state index contributed by atoms with van der Waals surface area (Å²) >= 11 is 0. The Labute approximate surface area is 94.7 Å². The van der Waals surface area contributed by atoms with Crippen LogP contribution < -0.4 is 5.73 Å². The highest BCUT2D eigenvalue weighted by Gasteiger charge is 2.19. The van der Waals surface area contributed by atoms with Crippen molar-refractivity contribution in [2.75, 3.05) is 13.1 Å². The summed E-state index contributed by atoms with van der Waals surface area (Å²) in [4.78, 5) is 6.95. The van der Waals surface area contributed by atoms with E-state index in [2.05, 4.69) is 20.5 Å². The lowest BCUT2D eigenvalue weighted by Gasteiger charge is -2.12. The van der Waals surface area contributed by atoms with E-state index >= 15 is 0 Å². The van der Waals surface area contributed by atoms with Crippen molar-refractivity contribution in [2.24, 2.45) is 5.73 Å². The van der Waals surface area contributed by atoms with Crippen LogP contribution in [-0.2, 0) is 6.54 Å². The number of rotatable bonds is 2. The molecule has 4 heteroatoms. The van der Waals surface area contributed by atoms with Crippen LogP contribution in [0, 0.1) is 0 Å². The lowest BCUT2D eigenvalue weighted by atomic mass is 10.3. The summed E-state index contributed by atoms with van der Waals surface area (Å²) in [6, 6.07) is 6.40. The minimum Gasteiger partial charge on any atom is -0.326 e. The number of nitrogens with zero attached hydrogens (tertiary/aromatic N) is 3. The lowest BCUT2D eigenvalue weighted by Crippen LogP contribution is -2.26. The minimum absolute atomic E-state index is 0.344. The van der Waals surface area contributed by atoms with Crippen LogP contribution in [-0.4, -0.2) is 33.4 Å². The van der Waals surface area contributed by atoms with Gasteiger partial charge in [0.05, 0.1) is 5.69 Å². The average molecular weight is 216 g/mol. The Balaban J connectivity index is 1.79. The molecule has 3 heterocycles. The first kappa shape index (κ1) is 9.81. The van der Waals surface area contributed by atoms with Crippen LogP contribution in [0.4, 0.5) is 0 Å². The van der Waals surface area contributed by atoms with Crippen molar-refractivity contribution in [3.63, 3.8) is 0 Å². The quantitative estimate of drug-likeness (QED) is 0.810. The molecule has 0 amide bonds. The number of imidazole rings is 1. The Morgan fingerprint density at radius 1 is 1.44 bits per heavy atom. The van der Waals surface area contributed by atoms with E-state index in [1.807, 2.05) is 24.4 Å². The Morgan fingerprint density at radius 2 is 2.38 bits per heavy atom. The van der Waals surface area contributed by atoms with Crippen LogP contribution in [0.1, 0.15) is 12.1 Å². The predicted octanol–water partition coefficient (Wildman–Crippen LogP) is 0.867. The van der Waals surface area contributed by atoms with Crippen molar-refractivity contribution in [2.45, 2.75) is 19.0 Å². The van der Waals surface area contributed by atoms with Gasteiger partial charge in [-0.15, -0.1) is 0 Å². The largest absolute Gasteiger partial charge is 0.326 e. The first-order chi connectivity index (χ1) is 7.81. The van der Waals surface area contributed by atoms with Crippen LogP contribution in [0.5, 0.6) is 0 Å². The zero-order valence-corrected chi connectivity index (χ0v) is 9.21. The molecule has 84 valence electrons. The van der Waals surface area contributed by atoms with Gasteiger partial charge in [0.2, 0.25) is 0 Å². The van der Waals surface area contributed by atoms with Crippen molar-refractivity contribution in [1.29, 1.82) is 0 Å². The molecule has 0 spiro atoms. The third-order valence-electron chi connectivity index (χ3n) is 3.11. The van der Waals surface area contributed by atoms with Crippen molar-refractivity contribution in [3.05, 3.63) is 36.3 Å². The highest BCUT2D eigenvalue weighted by atomic mass is 15.2.